The van der Waals surface area contributed by atoms with Crippen molar-refractivity contribution in [1.82, 2.24) is 24.5 Å². The van der Waals surface area contributed by atoms with Crippen molar-refractivity contribution in [2.45, 2.75) is 200 Å². The fourth-order valence-electron chi connectivity index (χ4n) is 7.22. The van der Waals surface area contributed by atoms with Gasteiger partial charge in [0.25, 0.3) is 0 Å². The number of carbonyl (C=O) groups excluding carboxylic acids is 2. The Kier molecular flexibility index (Phi) is 21.8. The molecule has 0 radical (unpaired) electrons. The molecule has 3 unspecified atom stereocenters. The third-order valence-electron chi connectivity index (χ3n) is 10.4. The lowest BCUT2D eigenvalue weighted by molar-refractivity contribution is 0.0118. The number of nitrogens with zero attached hydrogens (tertiary/aromatic N) is 5. The molecule has 0 spiro atoms. The van der Waals surface area contributed by atoms with Gasteiger partial charge in [-0.3, -0.25) is 9.97 Å². The molecule has 0 saturated carbocycles. The van der Waals surface area contributed by atoms with Gasteiger partial charge in [0.05, 0.1) is 20.5 Å². The van der Waals surface area contributed by atoms with Crippen LogP contribution in [-0.2, 0) is 37.9 Å². The maximum atomic E-state index is 12.8. The second kappa shape index (κ2) is 24.1. The van der Waals surface area contributed by atoms with E-state index in [1.807, 2.05) is 124 Å². The molecule has 4 heterocycles. The first-order valence-electron chi connectivity index (χ1n) is 22.4. The van der Waals surface area contributed by atoms with Crippen LogP contribution in [0.3, 0.4) is 0 Å². The molecular formula is C48H80Br2N6O6S2. The molecule has 0 aromatic carbocycles. The van der Waals surface area contributed by atoms with Crippen LogP contribution < -0.4 is 4.72 Å². The fourth-order valence-corrected chi connectivity index (χ4v) is 9.11. The lowest BCUT2D eigenvalue weighted by atomic mass is 9.91. The number of pyridine rings is 2. The summed E-state index contributed by atoms with van der Waals surface area (Å²) in [5.41, 5.74) is 0.603. The van der Waals surface area contributed by atoms with Crippen LogP contribution in [0.5, 0.6) is 0 Å². The van der Waals surface area contributed by atoms with Gasteiger partial charge in [-0.15, -0.1) is 0 Å². The molecule has 2 fully saturated rings. The van der Waals surface area contributed by atoms with Crippen LogP contribution in [0.25, 0.3) is 0 Å². The topological polar surface area (TPSA) is 143 Å². The van der Waals surface area contributed by atoms with Gasteiger partial charge in [0, 0.05) is 75.6 Å². The van der Waals surface area contributed by atoms with E-state index in [4.69, 9.17) is 9.47 Å². The maximum Gasteiger partial charge on any atom is 0.410 e. The lowest BCUT2D eigenvalue weighted by Crippen LogP contribution is -2.45. The highest BCUT2D eigenvalue weighted by Gasteiger charge is 2.44. The molecule has 12 nitrogen and oxygen atoms in total. The van der Waals surface area contributed by atoms with E-state index >= 15 is 0 Å². The largest absolute Gasteiger partial charge is 0.444 e. The van der Waals surface area contributed by atoms with E-state index < -0.39 is 33.2 Å². The minimum absolute atomic E-state index is 0.0439. The van der Waals surface area contributed by atoms with Gasteiger partial charge in [-0.25, -0.2) is 22.7 Å². The quantitative estimate of drug-likeness (QED) is 0.219. The van der Waals surface area contributed by atoms with Crippen molar-refractivity contribution in [1.29, 1.82) is 0 Å². The highest BCUT2D eigenvalue weighted by molar-refractivity contribution is 9.10. The molecule has 2 aromatic heterocycles. The zero-order valence-corrected chi connectivity index (χ0v) is 46.7. The van der Waals surface area contributed by atoms with Gasteiger partial charge in [-0.1, -0.05) is 0 Å². The highest BCUT2D eigenvalue weighted by atomic mass is 79.9. The summed E-state index contributed by atoms with van der Waals surface area (Å²) in [5, 5.41) is 0. The van der Waals surface area contributed by atoms with Crippen LogP contribution in [0, 0.1) is 18.8 Å². The average Bonchev–Trinajstić information content (AvgIpc) is 3.62. The molecule has 64 heavy (non-hydrogen) atoms. The van der Waals surface area contributed by atoms with Gasteiger partial charge in [-0.05, 0) is 224 Å². The van der Waals surface area contributed by atoms with Crippen molar-refractivity contribution >= 4 is 72.2 Å². The number of nitrogens with one attached hydrogen (secondary N) is 1. The average molecular weight is 1060 g/mol. The SMILES string of the molecule is CC(C)(C)OC(=O)N1C[C@@H](CCC(Cc2ccc(Br)cn2)NS(=O)C(C)(C)C)CC1(C)C.CC(C)(C)OC(=O)N1C[C@@H](CCC=NS(=O)C(C)(C)C)CC1(C)C.Cc1ccc(Br)cn1. The summed E-state index contributed by atoms with van der Waals surface area (Å²) >= 11 is 6.71. The predicted octanol–water partition coefficient (Wildman–Crippen LogP) is 12.1. The third-order valence-corrected chi connectivity index (χ3v) is 14.4. The molecule has 5 atom stereocenters. The van der Waals surface area contributed by atoms with Crippen LogP contribution in [0.15, 0.2) is 50.0 Å². The normalized spacial score (nSPS) is 20.1. The number of aromatic nitrogens is 2. The van der Waals surface area contributed by atoms with E-state index in [2.05, 4.69) is 78.6 Å². The van der Waals surface area contributed by atoms with Crippen LogP contribution in [0.1, 0.15) is 161 Å². The summed E-state index contributed by atoms with van der Waals surface area (Å²) in [7, 11) is -2.36. The number of aryl methyl sites for hydroxylation is 1. The minimum Gasteiger partial charge on any atom is -0.444 e. The van der Waals surface area contributed by atoms with Crippen LogP contribution in [-0.4, -0.2) is 97.5 Å². The molecule has 0 bridgehead atoms. The molecule has 2 aromatic rings. The van der Waals surface area contributed by atoms with Crippen molar-refractivity contribution in [3.05, 3.63) is 57.0 Å². The smallest absolute Gasteiger partial charge is 0.410 e. The van der Waals surface area contributed by atoms with Crippen LogP contribution >= 0.6 is 31.9 Å². The van der Waals surface area contributed by atoms with E-state index in [0.29, 0.717) is 31.3 Å². The molecule has 2 amide bonds. The van der Waals surface area contributed by atoms with Crippen LogP contribution in [0.4, 0.5) is 9.59 Å². The molecule has 2 aliphatic rings. The summed E-state index contributed by atoms with van der Waals surface area (Å²) in [5.74, 6) is 0.796. The molecular weight excluding hydrogens is 981 g/mol. The summed E-state index contributed by atoms with van der Waals surface area (Å²) in [6, 6.07) is 7.97. The van der Waals surface area contributed by atoms with Gasteiger partial charge in [0.1, 0.15) is 22.2 Å². The fraction of sp³-hybridized carbons (Fsp3) is 0.729. The second-order valence-corrected chi connectivity index (χ2v) is 28.0. The van der Waals surface area contributed by atoms with Gasteiger partial charge >= 0.3 is 12.2 Å². The Bertz CT molecular complexity index is 1850. The Balaban J connectivity index is 0.000000384. The first-order valence-corrected chi connectivity index (χ1v) is 26.2. The number of hydrogen-bond donors (Lipinski definition) is 1. The van der Waals surface area contributed by atoms with E-state index in [9.17, 15) is 18.0 Å². The summed E-state index contributed by atoms with van der Waals surface area (Å²) in [4.78, 5) is 37.4. The van der Waals surface area contributed by atoms with E-state index in [1.54, 1.807) is 18.6 Å². The molecule has 0 aliphatic carbocycles. The maximum absolute atomic E-state index is 12.8. The molecule has 1 N–H and O–H groups in total. The minimum atomic E-state index is -1.20. The number of halogens is 2. The Morgan fingerprint density at radius 2 is 1.25 bits per heavy atom. The number of hydrogen-bond acceptors (Lipinski definition) is 8. The standard InChI is InChI=1S/C24H40BrN3O3S.C18H34N2O3S.C6H6BrN/c1-22(2,3)31-21(29)28-16-17(14-24(28,7)8)9-11-20(27-32(30)23(4,5)6)13-19-12-10-18(25)15-26-19;1-16(2,3)23-15(21)20-13-14(12-18(20,7)8)10-9-11-19-24(22)17(4,5)6;1-5-2-3-6(7)4-8-5/h10,12,15,17,20,27H,9,11,13-14,16H2,1-8H3;11,14H,9-10,12-13H2,1-8H3;2-4H,1H3/t17-,20?,32?;14-,24?;/m00./s1. The van der Waals surface area contributed by atoms with Gasteiger partial charge in [-0.2, -0.15) is 4.40 Å². The number of rotatable bonds is 11. The third kappa shape index (κ3) is 21.6. The monoisotopic (exact) mass is 1060 g/mol. The summed E-state index contributed by atoms with van der Waals surface area (Å²) in [6.07, 6.45) is 11.0. The van der Waals surface area contributed by atoms with E-state index in [1.165, 1.54) is 0 Å². The first-order chi connectivity index (χ1) is 29.1. The van der Waals surface area contributed by atoms with E-state index in [-0.39, 0.29) is 38.8 Å². The van der Waals surface area contributed by atoms with Crippen molar-refractivity contribution in [3.8, 4) is 0 Å². The van der Waals surface area contributed by atoms with Gasteiger partial charge < -0.3 is 19.3 Å². The zero-order chi connectivity index (χ0) is 49.1. The lowest BCUT2D eigenvalue weighted by Gasteiger charge is -2.33. The van der Waals surface area contributed by atoms with Crippen molar-refractivity contribution < 1.29 is 27.5 Å². The first kappa shape index (κ1) is 57.9. The number of ether oxygens (including phenoxy) is 2. The van der Waals surface area contributed by atoms with Gasteiger partial charge in [0.2, 0.25) is 0 Å². The number of amides is 2. The number of carbonyl (C=O) groups is 2. The molecule has 4 rings (SSSR count). The van der Waals surface area contributed by atoms with Gasteiger partial charge in [0.15, 0.2) is 0 Å². The molecule has 16 heteroatoms. The Morgan fingerprint density at radius 1 is 0.781 bits per heavy atom. The van der Waals surface area contributed by atoms with Crippen LogP contribution in [0.2, 0.25) is 0 Å². The van der Waals surface area contributed by atoms with Crippen molar-refractivity contribution in [2.24, 2.45) is 16.2 Å². The Hall–Kier alpha value is -2.27. The predicted molar refractivity (Wildman–Crippen MR) is 272 cm³/mol. The Morgan fingerprint density at radius 3 is 1.64 bits per heavy atom. The van der Waals surface area contributed by atoms with Crippen molar-refractivity contribution in [3.63, 3.8) is 0 Å². The highest BCUT2D eigenvalue weighted by Crippen LogP contribution is 2.37. The molecule has 2 saturated heterocycles. The molecule has 364 valence electrons. The Labute approximate surface area is 408 Å². The second-order valence-electron chi connectivity index (χ2n) is 22.2. The number of likely N-dealkylation sites (tertiary alicyclic amines) is 2. The van der Waals surface area contributed by atoms with Crippen molar-refractivity contribution in [2.75, 3.05) is 13.1 Å². The van der Waals surface area contributed by atoms with E-state index in [0.717, 1.165) is 58.9 Å². The zero-order valence-electron chi connectivity index (χ0n) is 41.9. The summed E-state index contributed by atoms with van der Waals surface area (Å²) < 4.78 is 44.6. The molecule has 2 aliphatic heterocycles. The summed E-state index contributed by atoms with van der Waals surface area (Å²) in [6.45, 7) is 34.8.